The molecule has 20 heavy (non-hydrogen) atoms. The van der Waals surface area contributed by atoms with E-state index in [0.29, 0.717) is 17.3 Å². The predicted molar refractivity (Wildman–Crippen MR) is 79.5 cm³/mol. The van der Waals surface area contributed by atoms with E-state index in [2.05, 4.69) is 5.32 Å². The molecule has 6 nitrogen and oxygen atoms in total. The third-order valence-electron chi connectivity index (χ3n) is 3.66. The highest BCUT2D eigenvalue weighted by molar-refractivity contribution is 5.76. The highest BCUT2D eigenvalue weighted by atomic mass is 16.6. The third kappa shape index (κ3) is 3.19. The maximum atomic E-state index is 11.3. The molecule has 0 amide bonds. The monoisotopic (exact) mass is 279 g/mol. The van der Waals surface area contributed by atoms with Crippen LogP contribution in [-0.2, 0) is 4.74 Å². The molecule has 1 N–H and O–H groups in total. The largest absolute Gasteiger partial charge is 0.382 e. The lowest BCUT2D eigenvalue weighted by Gasteiger charge is -2.28. The van der Waals surface area contributed by atoms with E-state index < -0.39 is 0 Å². The van der Waals surface area contributed by atoms with Gasteiger partial charge in [0.25, 0.3) is 0 Å². The van der Waals surface area contributed by atoms with Gasteiger partial charge in [0.1, 0.15) is 11.4 Å². The number of nitro groups is 1. The van der Waals surface area contributed by atoms with E-state index in [1.807, 2.05) is 18.0 Å². The fourth-order valence-electron chi connectivity index (χ4n) is 2.67. The summed E-state index contributed by atoms with van der Waals surface area (Å²) in [6.07, 6.45) is 2.18. The van der Waals surface area contributed by atoms with Gasteiger partial charge in [-0.05, 0) is 30.9 Å². The van der Waals surface area contributed by atoms with Crippen molar-refractivity contribution in [1.29, 1.82) is 0 Å². The van der Waals surface area contributed by atoms with E-state index in [1.165, 1.54) is 0 Å². The highest BCUT2D eigenvalue weighted by Crippen LogP contribution is 2.35. The third-order valence-corrected chi connectivity index (χ3v) is 3.66. The number of anilines is 2. The summed E-state index contributed by atoms with van der Waals surface area (Å²) < 4.78 is 5.47. The minimum Gasteiger partial charge on any atom is -0.382 e. The Hall–Kier alpha value is -1.82. The zero-order valence-electron chi connectivity index (χ0n) is 12.0. The van der Waals surface area contributed by atoms with Crippen molar-refractivity contribution in [3.05, 3.63) is 28.3 Å². The van der Waals surface area contributed by atoms with Crippen LogP contribution in [0.1, 0.15) is 12.8 Å². The molecule has 0 aromatic heterocycles. The van der Waals surface area contributed by atoms with Crippen LogP contribution in [0.2, 0.25) is 0 Å². The van der Waals surface area contributed by atoms with Gasteiger partial charge in [-0.25, -0.2) is 0 Å². The highest BCUT2D eigenvalue weighted by Gasteiger charge is 2.24. The molecule has 1 aliphatic rings. The molecule has 1 aliphatic heterocycles. The summed E-state index contributed by atoms with van der Waals surface area (Å²) >= 11 is 0. The molecule has 1 saturated heterocycles. The molecule has 1 aromatic carbocycles. The van der Waals surface area contributed by atoms with E-state index in [9.17, 15) is 10.1 Å². The SMILES string of the molecule is CNc1cccc(N(C)CC2CCCOC2)c1[N+](=O)[O-]. The van der Waals surface area contributed by atoms with Crippen molar-refractivity contribution in [1.82, 2.24) is 0 Å². The Morgan fingerprint density at radius 3 is 2.95 bits per heavy atom. The van der Waals surface area contributed by atoms with Crippen LogP contribution in [0.5, 0.6) is 0 Å². The van der Waals surface area contributed by atoms with Crippen molar-refractivity contribution >= 4 is 17.1 Å². The van der Waals surface area contributed by atoms with Crippen LogP contribution < -0.4 is 10.2 Å². The molecule has 1 atom stereocenters. The fraction of sp³-hybridized carbons (Fsp3) is 0.571. The van der Waals surface area contributed by atoms with Gasteiger partial charge in [0, 0.05) is 27.2 Å². The van der Waals surface area contributed by atoms with Crippen molar-refractivity contribution < 1.29 is 9.66 Å². The van der Waals surface area contributed by atoms with E-state index >= 15 is 0 Å². The first-order chi connectivity index (χ1) is 9.63. The molecular formula is C14H21N3O3. The molecule has 110 valence electrons. The summed E-state index contributed by atoms with van der Waals surface area (Å²) in [7, 11) is 3.59. The zero-order chi connectivity index (χ0) is 14.5. The van der Waals surface area contributed by atoms with E-state index in [4.69, 9.17) is 4.74 Å². The van der Waals surface area contributed by atoms with Crippen LogP contribution in [0.25, 0.3) is 0 Å². The average Bonchev–Trinajstić information content (AvgIpc) is 2.47. The van der Waals surface area contributed by atoms with Crippen LogP contribution in [0.4, 0.5) is 17.1 Å². The molecule has 1 heterocycles. The van der Waals surface area contributed by atoms with Crippen LogP contribution >= 0.6 is 0 Å². The molecule has 1 fully saturated rings. The Kier molecular flexibility index (Phi) is 4.79. The van der Waals surface area contributed by atoms with Gasteiger partial charge in [0.15, 0.2) is 0 Å². The number of nitro benzene ring substituents is 1. The van der Waals surface area contributed by atoms with Gasteiger partial charge in [-0.1, -0.05) is 6.07 Å². The van der Waals surface area contributed by atoms with Crippen molar-refractivity contribution in [3.8, 4) is 0 Å². The van der Waals surface area contributed by atoms with Gasteiger partial charge in [0.05, 0.1) is 11.5 Å². The zero-order valence-corrected chi connectivity index (χ0v) is 12.0. The standard InChI is InChI=1S/C14H21N3O3/c1-15-12-6-3-7-13(14(12)17(18)19)16(2)9-11-5-4-8-20-10-11/h3,6-7,11,15H,4-5,8-10H2,1-2H3. The molecule has 1 unspecified atom stereocenters. The van der Waals surface area contributed by atoms with Gasteiger partial charge in [-0.15, -0.1) is 0 Å². The molecule has 6 heteroatoms. The maximum Gasteiger partial charge on any atom is 0.315 e. The van der Waals surface area contributed by atoms with Crippen molar-refractivity contribution in [2.24, 2.45) is 5.92 Å². The van der Waals surface area contributed by atoms with Crippen molar-refractivity contribution in [2.75, 3.05) is 44.1 Å². The number of rotatable bonds is 5. The number of nitrogens with one attached hydrogen (secondary N) is 1. The Morgan fingerprint density at radius 2 is 2.35 bits per heavy atom. The number of para-hydroxylation sites is 1. The minimum absolute atomic E-state index is 0.134. The number of benzene rings is 1. The van der Waals surface area contributed by atoms with Gasteiger partial charge >= 0.3 is 5.69 Å². The molecule has 0 saturated carbocycles. The Morgan fingerprint density at radius 1 is 1.55 bits per heavy atom. The summed E-state index contributed by atoms with van der Waals surface area (Å²) in [6.45, 7) is 2.34. The number of ether oxygens (including phenoxy) is 1. The topological polar surface area (TPSA) is 67.6 Å². The normalized spacial score (nSPS) is 18.6. The molecule has 0 aliphatic carbocycles. The fourth-order valence-corrected chi connectivity index (χ4v) is 2.67. The second kappa shape index (κ2) is 6.56. The molecule has 0 bridgehead atoms. The van der Waals surface area contributed by atoms with Crippen molar-refractivity contribution in [3.63, 3.8) is 0 Å². The van der Waals surface area contributed by atoms with Crippen LogP contribution in [0.15, 0.2) is 18.2 Å². The summed E-state index contributed by atoms with van der Waals surface area (Å²) in [5.74, 6) is 0.437. The number of nitrogens with zero attached hydrogens (tertiary/aromatic N) is 2. The first-order valence-corrected chi connectivity index (χ1v) is 6.87. The predicted octanol–water partition coefficient (Wildman–Crippen LogP) is 2.50. The lowest BCUT2D eigenvalue weighted by Crippen LogP contribution is -2.31. The second-order valence-corrected chi connectivity index (χ2v) is 5.14. The Balaban J connectivity index is 2.19. The van der Waals surface area contributed by atoms with Gasteiger partial charge in [-0.2, -0.15) is 0 Å². The Labute approximate surface area is 118 Å². The van der Waals surface area contributed by atoms with E-state index in [-0.39, 0.29) is 10.6 Å². The van der Waals surface area contributed by atoms with E-state index in [0.717, 1.165) is 32.6 Å². The minimum atomic E-state index is -0.324. The molecule has 0 radical (unpaired) electrons. The second-order valence-electron chi connectivity index (χ2n) is 5.14. The summed E-state index contributed by atoms with van der Waals surface area (Å²) in [5, 5.41) is 14.2. The maximum absolute atomic E-state index is 11.3. The molecule has 2 rings (SSSR count). The number of hydrogen-bond acceptors (Lipinski definition) is 5. The van der Waals surface area contributed by atoms with E-state index in [1.54, 1.807) is 19.2 Å². The van der Waals surface area contributed by atoms with Crippen LogP contribution in [0, 0.1) is 16.0 Å². The smallest absolute Gasteiger partial charge is 0.315 e. The molecular weight excluding hydrogens is 258 g/mol. The lowest BCUT2D eigenvalue weighted by atomic mass is 10.0. The summed E-state index contributed by atoms with van der Waals surface area (Å²) in [6, 6.07) is 5.35. The van der Waals surface area contributed by atoms with Gasteiger partial charge in [0.2, 0.25) is 0 Å². The molecule has 1 aromatic rings. The van der Waals surface area contributed by atoms with Crippen molar-refractivity contribution in [2.45, 2.75) is 12.8 Å². The quantitative estimate of drug-likeness (QED) is 0.662. The molecule has 0 spiro atoms. The first kappa shape index (κ1) is 14.6. The van der Waals surface area contributed by atoms with Gasteiger partial charge < -0.3 is 15.0 Å². The lowest BCUT2D eigenvalue weighted by molar-refractivity contribution is -0.383. The Bertz CT molecular complexity index is 473. The van der Waals surface area contributed by atoms with Crippen LogP contribution in [0.3, 0.4) is 0 Å². The number of hydrogen-bond donors (Lipinski definition) is 1. The average molecular weight is 279 g/mol. The summed E-state index contributed by atoms with van der Waals surface area (Å²) in [4.78, 5) is 12.9. The van der Waals surface area contributed by atoms with Gasteiger partial charge in [-0.3, -0.25) is 10.1 Å². The van der Waals surface area contributed by atoms with Crippen LogP contribution in [-0.4, -0.2) is 38.8 Å². The first-order valence-electron chi connectivity index (χ1n) is 6.87. The summed E-state index contributed by atoms with van der Waals surface area (Å²) in [5.41, 5.74) is 1.32.